The normalized spacial score (nSPS) is 11.3. The van der Waals surface area contributed by atoms with Crippen LogP contribution in [0.2, 0.25) is 0 Å². The van der Waals surface area contributed by atoms with Gasteiger partial charge in [0.15, 0.2) is 0 Å². The third kappa shape index (κ3) is 6.02. The number of hydrogen-bond acceptors (Lipinski definition) is 4. The van der Waals surface area contributed by atoms with Gasteiger partial charge in [0.05, 0.1) is 4.88 Å². The summed E-state index contributed by atoms with van der Waals surface area (Å²) < 4.78 is 0. The molecule has 0 bridgehead atoms. The number of anilines is 2. The van der Waals surface area contributed by atoms with Gasteiger partial charge in [0.1, 0.15) is 0 Å². The maximum atomic E-state index is 12.2. The molecule has 0 aliphatic heterocycles. The fourth-order valence-corrected chi connectivity index (χ4v) is 3.29. The molecule has 0 fully saturated rings. The summed E-state index contributed by atoms with van der Waals surface area (Å²) in [7, 11) is 0. The Morgan fingerprint density at radius 1 is 0.828 bits per heavy atom. The van der Waals surface area contributed by atoms with Gasteiger partial charge in [-0.05, 0) is 54.8 Å². The third-order valence-corrected chi connectivity index (χ3v) is 4.95. The molecule has 0 aliphatic rings. The minimum absolute atomic E-state index is 0.148. The lowest BCUT2D eigenvalue weighted by molar-refractivity contribution is -0.116. The van der Waals surface area contributed by atoms with E-state index in [0.29, 0.717) is 21.8 Å². The minimum Gasteiger partial charge on any atom is -0.349 e. The summed E-state index contributed by atoms with van der Waals surface area (Å²) in [5.41, 5.74) is 1.82. The van der Waals surface area contributed by atoms with Crippen LogP contribution in [-0.2, 0) is 4.79 Å². The first-order chi connectivity index (χ1) is 14.0. The maximum absolute atomic E-state index is 12.2. The Morgan fingerprint density at radius 2 is 1.48 bits per heavy atom. The van der Waals surface area contributed by atoms with Crippen molar-refractivity contribution >= 4 is 40.4 Å². The van der Waals surface area contributed by atoms with Gasteiger partial charge < -0.3 is 16.0 Å². The van der Waals surface area contributed by atoms with Gasteiger partial charge in [0, 0.05) is 29.4 Å². The molecular formula is C22H21N3O3S. The van der Waals surface area contributed by atoms with Crippen molar-refractivity contribution in [3.05, 3.63) is 82.6 Å². The molecule has 29 heavy (non-hydrogen) atoms. The minimum atomic E-state index is -0.313. The van der Waals surface area contributed by atoms with Crippen molar-refractivity contribution in [2.45, 2.75) is 19.4 Å². The number of benzene rings is 2. The summed E-state index contributed by atoms with van der Waals surface area (Å²) in [5, 5.41) is 10.3. The van der Waals surface area contributed by atoms with Gasteiger partial charge in [-0.3, -0.25) is 14.4 Å². The van der Waals surface area contributed by atoms with Gasteiger partial charge in [-0.1, -0.05) is 24.3 Å². The Bertz CT molecular complexity index is 970. The van der Waals surface area contributed by atoms with Crippen molar-refractivity contribution in [1.29, 1.82) is 0 Å². The Hall–Kier alpha value is -3.45. The van der Waals surface area contributed by atoms with Crippen LogP contribution in [0, 0.1) is 0 Å². The molecule has 3 aromatic rings. The number of amides is 3. The quantitative estimate of drug-likeness (QED) is 0.550. The van der Waals surface area contributed by atoms with Crippen molar-refractivity contribution in [3.63, 3.8) is 0 Å². The zero-order chi connectivity index (χ0) is 20.6. The Labute approximate surface area is 173 Å². The van der Waals surface area contributed by atoms with Crippen molar-refractivity contribution in [2.24, 2.45) is 0 Å². The topological polar surface area (TPSA) is 87.3 Å². The Balaban J connectivity index is 1.47. The van der Waals surface area contributed by atoms with Crippen LogP contribution < -0.4 is 16.0 Å². The molecule has 0 saturated carbocycles. The highest BCUT2D eigenvalue weighted by atomic mass is 32.1. The summed E-state index contributed by atoms with van der Waals surface area (Å²) in [5.74, 6) is -0.585. The van der Waals surface area contributed by atoms with E-state index in [-0.39, 0.29) is 30.2 Å². The molecule has 0 spiro atoms. The first kappa shape index (κ1) is 20.3. The highest BCUT2D eigenvalue weighted by Crippen LogP contribution is 2.16. The van der Waals surface area contributed by atoms with Crippen LogP contribution in [0.25, 0.3) is 0 Å². The predicted molar refractivity (Wildman–Crippen MR) is 115 cm³/mol. The summed E-state index contributed by atoms with van der Waals surface area (Å²) in [6.07, 6.45) is 0.148. The van der Waals surface area contributed by atoms with E-state index in [1.165, 1.54) is 11.3 Å². The summed E-state index contributed by atoms with van der Waals surface area (Å²) >= 11 is 1.37. The van der Waals surface area contributed by atoms with E-state index in [4.69, 9.17) is 0 Å². The molecule has 1 unspecified atom stereocenters. The lowest BCUT2D eigenvalue weighted by Gasteiger charge is -2.14. The van der Waals surface area contributed by atoms with Crippen LogP contribution >= 0.6 is 11.3 Å². The van der Waals surface area contributed by atoms with Crippen molar-refractivity contribution < 1.29 is 14.4 Å². The zero-order valence-electron chi connectivity index (χ0n) is 15.8. The van der Waals surface area contributed by atoms with E-state index in [2.05, 4.69) is 16.0 Å². The first-order valence-corrected chi connectivity index (χ1v) is 10.00. The average molecular weight is 407 g/mol. The third-order valence-electron chi connectivity index (χ3n) is 4.08. The Kier molecular flexibility index (Phi) is 6.76. The first-order valence-electron chi connectivity index (χ1n) is 9.12. The molecule has 1 aromatic heterocycles. The summed E-state index contributed by atoms with van der Waals surface area (Å²) in [4.78, 5) is 37.0. The molecule has 6 nitrogen and oxygen atoms in total. The molecule has 148 valence electrons. The van der Waals surface area contributed by atoms with Gasteiger partial charge in [-0.15, -0.1) is 11.3 Å². The number of rotatable bonds is 7. The molecule has 1 heterocycles. The molecule has 0 aliphatic carbocycles. The smallest absolute Gasteiger partial charge is 0.265 e. The van der Waals surface area contributed by atoms with Gasteiger partial charge in [0.25, 0.3) is 11.8 Å². The maximum Gasteiger partial charge on any atom is 0.265 e. The number of hydrogen-bond donors (Lipinski definition) is 3. The van der Waals surface area contributed by atoms with Crippen LogP contribution in [0.5, 0.6) is 0 Å². The van der Waals surface area contributed by atoms with Crippen LogP contribution in [0.1, 0.15) is 33.4 Å². The van der Waals surface area contributed by atoms with E-state index >= 15 is 0 Å². The predicted octanol–water partition coefficient (Wildman–Crippen LogP) is 4.15. The molecule has 3 amide bonds. The molecule has 0 saturated heterocycles. The largest absolute Gasteiger partial charge is 0.349 e. The molecule has 3 rings (SSSR count). The van der Waals surface area contributed by atoms with E-state index in [1.807, 2.05) is 17.5 Å². The number of carbonyl (C=O) groups is 3. The highest BCUT2D eigenvalue weighted by molar-refractivity contribution is 7.12. The molecule has 0 radical (unpaired) electrons. The fourth-order valence-electron chi connectivity index (χ4n) is 2.68. The monoisotopic (exact) mass is 407 g/mol. The molecule has 7 heteroatoms. The number of carbonyl (C=O) groups excluding carboxylic acids is 3. The van der Waals surface area contributed by atoms with Gasteiger partial charge in [-0.25, -0.2) is 0 Å². The van der Waals surface area contributed by atoms with E-state index in [1.54, 1.807) is 61.5 Å². The van der Waals surface area contributed by atoms with Crippen LogP contribution in [0.15, 0.2) is 72.1 Å². The van der Waals surface area contributed by atoms with Crippen molar-refractivity contribution in [2.75, 3.05) is 10.6 Å². The van der Waals surface area contributed by atoms with Crippen LogP contribution in [-0.4, -0.2) is 23.8 Å². The van der Waals surface area contributed by atoms with E-state index in [0.717, 1.165) is 0 Å². The summed E-state index contributed by atoms with van der Waals surface area (Å²) in [6, 6.07) is 19.0. The molecule has 2 aromatic carbocycles. The zero-order valence-corrected chi connectivity index (χ0v) is 16.7. The number of thiophene rings is 1. The van der Waals surface area contributed by atoms with Crippen LogP contribution in [0.4, 0.5) is 11.4 Å². The van der Waals surface area contributed by atoms with E-state index in [9.17, 15) is 14.4 Å². The molecule has 3 N–H and O–H groups in total. The van der Waals surface area contributed by atoms with Gasteiger partial charge in [0.2, 0.25) is 5.91 Å². The van der Waals surface area contributed by atoms with E-state index < -0.39 is 0 Å². The van der Waals surface area contributed by atoms with Gasteiger partial charge in [-0.2, -0.15) is 0 Å². The molecule has 1 atom stereocenters. The highest BCUT2D eigenvalue weighted by Gasteiger charge is 2.13. The SMILES string of the molecule is CC(CC(=O)Nc1ccc(NC(=O)c2cccs2)cc1)NC(=O)c1ccccc1. The Morgan fingerprint density at radius 3 is 2.10 bits per heavy atom. The fraction of sp³-hybridized carbons (Fsp3) is 0.136. The summed E-state index contributed by atoms with van der Waals surface area (Å²) in [6.45, 7) is 1.78. The lowest BCUT2D eigenvalue weighted by atomic mass is 10.1. The second kappa shape index (κ2) is 9.66. The van der Waals surface area contributed by atoms with Gasteiger partial charge >= 0.3 is 0 Å². The standard InChI is InChI=1S/C22H21N3O3S/c1-15(23-21(27)16-6-3-2-4-7-16)14-20(26)24-17-9-11-18(12-10-17)25-22(28)19-8-5-13-29-19/h2-13,15H,14H2,1H3,(H,23,27)(H,24,26)(H,25,28). The second-order valence-electron chi connectivity index (χ2n) is 6.50. The second-order valence-corrected chi connectivity index (χ2v) is 7.45. The van der Waals surface area contributed by atoms with Crippen molar-refractivity contribution in [3.8, 4) is 0 Å². The average Bonchev–Trinajstić information content (AvgIpc) is 3.25. The van der Waals surface area contributed by atoms with Crippen molar-refractivity contribution in [1.82, 2.24) is 5.32 Å². The lowest BCUT2D eigenvalue weighted by Crippen LogP contribution is -2.35. The van der Waals surface area contributed by atoms with Crippen LogP contribution in [0.3, 0.4) is 0 Å². The number of nitrogens with one attached hydrogen (secondary N) is 3. The molecular weight excluding hydrogens is 386 g/mol.